The van der Waals surface area contributed by atoms with Gasteiger partial charge in [0.25, 0.3) is 0 Å². The second-order valence-electron chi connectivity index (χ2n) is 3.96. The fraction of sp³-hybridized carbons (Fsp3) is 0.818. The molecule has 0 heterocycles. The van der Waals surface area contributed by atoms with E-state index in [1.165, 1.54) is 7.11 Å². The van der Waals surface area contributed by atoms with E-state index in [-0.39, 0.29) is 12.0 Å². The Morgan fingerprint density at radius 1 is 1.27 bits per heavy atom. The topological polar surface area (TPSA) is 52.6 Å². The van der Waals surface area contributed by atoms with Crippen LogP contribution in [0.4, 0.5) is 0 Å². The Labute approximate surface area is 89.9 Å². The zero-order valence-electron chi connectivity index (χ0n) is 9.27. The van der Waals surface area contributed by atoms with E-state index in [4.69, 9.17) is 4.74 Å². The number of aldehydes is 1. The van der Waals surface area contributed by atoms with Crippen LogP contribution in [0.3, 0.4) is 0 Å². The molecule has 1 fully saturated rings. The van der Waals surface area contributed by atoms with Crippen LogP contribution in [0.15, 0.2) is 0 Å². The highest BCUT2D eigenvalue weighted by molar-refractivity contribution is 5.88. The van der Waals surface area contributed by atoms with Crippen molar-refractivity contribution in [3.05, 3.63) is 0 Å². The number of hydrogen-bond acceptors (Lipinski definition) is 4. The van der Waals surface area contributed by atoms with Gasteiger partial charge in [0.2, 0.25) is 0 Å². The molecule has 1 aliphatic carbocycles. The van der Waals surface area contributed by atoms with Crippen LogP contribution in [0.25, 0.3) is 0 Å². The van der Waals surface area contributed by atoms with Crippen molar-refractivity contribution in [1.29, 1.82) is 0 Å². The summed E-state index contributed by atoms with van der Waals surface area (Å²) in [5.41, 5.74) is 0. The van der Waals surface area contributed by atoms with E-state index in [0.717, 1.165) is 25.7 Å². The highest BCUT2D eigenvalue weighted by Crippen LogP contribution is 2.31. The third-order valence-electron chi connectivity index (χ3n) is 3.18. The second-order valence-corrected chi connectivity index (χ2v) is 3.96. The van der Waals surface area contributed by atoms with Crippen LogP contribution in [0, 0.1) is 11.8 Å². The predicted octanol–water partition coefficient (Wildman–Crippen LogP) is 1.18. The van der Waals surface area contributed by atoms with Crippen LogP contribution in [0.1, 0.15) is 25.7 Å². The van der Waals surface area contributed by atoms with Gasteiger partial charge < -0.3 is 14.3 Å². The molecule has 86 valence electrons. The van der Waals surface area contributed by atoms with Crippen LogP contribution in [0.5, 0.6) is 0 Å². The lowest BCUT2D eigenvalue weighted by molar-refractivity contribution is -0.149. The van der Waals surface area contributed by atoms with Crippen molar-refractivity contribution in [3.63, 3.8) is 0 Å². The normalized spacial score (nSPS) is 28.1. The molecule has 1 aliphatic rings. The zero-order valence-corrected chi connectivity index (χ0v) is 9.27. The van der Waals surface area contributed by atoms with Gasteiger partial charge in [-0.3, -0.25) is 4.79 Å². The smallest absolute Gasteiger partial charge is 0.316 e. The first-order valence-electron chi connectivity index (χ1n) is 5.28. The van der Waals surface area contributed by atoms with E-state index in [0.29, 0.717) is 6.29 Å². The summed E-state index contributed by atoms with van der Waals surface area (Å²) in [6.45, 7) is 0. The molecule has 4 heteroatoms. The van der Waals surface area contributed by atoms with Crippen molar-refractivity contribution in [1.82, 2.24) is 0 Å². The lowest BCUT2D eigenvalue weighted by Crippen LogP contribution is -2.31. The summed E-state index contributed by atoms with van der Waals surface area (Å²) in [4.78, 5) is 22.1. The molecule has 0 spiro atoms. The van der Waals surface area contributed by atoms with Crippen LogP contribution in [-0.2, 0) is 19.1 Å². The molecule has 1 unspecified atom stereocenters. The number of hydrogen-bond donors (Lipinski definition) is 0. The van der Waals surface area contributed by atoms with E-state index in [2.05, 4.69) is 4.74 Å². The molecule has 15 heavy (non-hydrogen) atoms. The summed E-state index contributed by atoms with van der Waals surface area (Å²) in [6.07, 6.45) is 4.55. The number of esters is 1. The molecule has 0 N–H and O–H groups in total. The standard InChI is InChI=1S/C11H18O4/c1-14-9-5-3-8(4-6-9)10(7-12)11(13)15-2/h7-10H,3-6H2,1-2H3. The minimum Gasteiger partial charge on any atom is -0.468 e. The first kappa shape index (κ1) is 12.2. The van der Waals surface area contributed by atoms with Gasteiger partial charge in [-0.1, -0.05) is 0 Å². The van der Waals surface area contributed by atoms with Crippen molar-refractivity contribution < 1.29 is 19.1 Å². The maximum absolute atomic E-state index is 11.3. The minimum absolute atomic E-state index is 0.126. The number of ether oxygens (including phenoxy) is 2. The van der Waals surface area contributed by atoms with Gasteiger partial charge in [0.1, 0.15) is 12.2 Å². The average Bonchev–Trinajstić information content (AvgIpc) is 2.30. The van der Waals surface area contributed by atoms with E-state index < -0.39 is 11.9 Å². The number of methoxy groups -OCH3 is 2. The Bertz CT molecular complexity index is 219. The highest BCUT2D eigenvalue weighted by atomic mass is 16.5. The lowest BCUT2D eigenvalue weighted by atomic mass is 9.79. The Balaban J connectivity index is 2.49. The van der Waals surface area contributed by atoms with Gasteiger partial charge in [-0.15, -0.1) is 0 Å². The number of carbonyl (C=O) groups is 2. The van der Waals surface area contributed by atoms with Crippen LogP contribution >= 0.6 is 0 Å². The monoisotopic (exact) mass is 214 g/mol. The quantitative estimate of drug-likeness (QED) is 0.400. The van der Waals surface area contributed by atoms with Gasteiger partial charge >= 0.3 is 5.97 Å². The maximum atomic E-state index is 11.3. The summed E-state index contributed by atoms with van der Waals surface area (Å²) in [6, 6.07) is 0. The van der Waals surface area contributed by atoms with Crippen LogP contribution < -0.4 is 0 Å². The molecule has 0 aromatic carbocycles. The van der Waals surface area contributed by atoms with E-state index in [1.54, 1.807) is 7.11 Å². The van der Waals surface area contributed by atoms with Crippen LogP contribution in [-0.4, -0.2) is 32.6 Å². The van der Waals surface area contributed by atoms with E-state index in [9.17, 15) is 9.59 Å². The molecule has 4 nitrogen and oxygen atoms in total. The van der Waals surface area contributed by atoms with Gasteiger partial charge in [0, 0.05) is 7.11 Å². The maximum Gasteiger partial charge on any atom is 0.316 e. The highest BCUT2D eigenvalue weighted by Gasteiger charge is 2.32. The van der Waals surface area contributed by atoms with E-state index >= 15 is 0 Å². The van der Waals surface area contributed by atoms with Crippen molar-refractivity contribution in [3.8, 4) is 0 Å². The molecule has 0 amide bonds. The summed E-state index contributed by atoms with van der Waals surface area (Å²) < 4.78 is 9.84. The molecule has 1 rings (SSSR count). The molecule has 0 saturated heterocycles. The molecular weight excluding hydrogens is 196 g/mol. The summed E-state index contributed by atoms with van der Waals surface area (Å²) in [5, 5.41) is 0. The number of rotatable bonds is 4. The zero-order chi connectivity index (χ0) is 11.3. The molecular formula is C11H18O4. The fourth-order valence-electron chi connectivity index (χ4n) is 2.18. The third kappa shape index (κ3) is 3.02. The average molecular weight is 214 g/mol. The Hall–Kier alpha value is -0.900. The van der Waals surface area contributed by atoms with Gasteiger partial charge in [-0.05, 0) is 31.6 Å². The fourth-order valence-corrected chi connectivity index (χ4v) is 2.18. The SMILES string of the molecule is COC(=O)C(C=O)C1CCC(OC)CC1. The van der Waals surface area contributed by atoms with Crippen molar-refractivity contribution in [2.45, 2.75) is 31.8 Å². The summed E-state index contributed by atoms with van der Waals surface area (Å²) >= 11 is 0. The molecule has 0 bridgehead atoms. The second kappa shape index (κ2) is 5.85. The van der Waals surface area contributed by atoms with E-state index in [1.807, 2.05) is 0 Å². The molecule has 1 saturated carbocycles. The minimum atomic E-state index is -0.590. The van der Waals surface area contributed by atoms with Gasteiger partial charge in [-0.25, -0.2) is 0 Å². The Morgan fingerprint density at radius 3 is 2.27 bits per heavy atom. The van der Waals surface area contributed by atoms with Crippen molar-refractivity contribution >= 4 is 12.3 Å². The lowest BCUT2D eigenvalue weighted by Gasteiger charge is -2.29. The Morgan fingerprint density at radius 2 is 1.87 bits per heavy atom. The van der Waals surface area contributed by atoms with Gasteiger partial charge in [-0.2, -0.15) is 0 Å². The van der Waals surface area contributed by atoms with Gasteiger partial charge in [0.15, 0.2) is 0 Å². The predicted molar refractivity (Wildman–Crippen MR) is 54.3 cm³/mol. The first-order valence-corrected chi connectivity index (χ1v) is 5.28. The van der Waals surface area contributed by atoms with Crippen molar-refractivity contribution in [2.24, 2.45) is 11.8 Å². The third-order valence-corrected chi connectivity index (χ3v) is 3.18. The molecule has 0 aliphatic heterocycles. The van der Waals surface area contributed by atoms with Crippen LogP contribution in [0.2, 0.25) is 0 Å². The molecule has 1 atom stereocenters. The molecule has 0 aromatic rings. The molecule has 0 aromatic heterocycles. The van der Waals surface area contributed by atoms with Crippen molar-refractivity contribution in [2.75, 3.05) is 14.2 Å². The summed E-state index contributed by atoms with van der Waals surface area (Å²) in [5.74, 6) is -0.875. The Kier molecular flexibility index (Phi) is 4.75. The first-order chi connectivity index (χ1) is 7.22. The summed E-state index contributed by atoms with van der Waals surface area (Å²) in [7, 11) is 3.02. The largest absolute Gasteiger partial charge is 0.468 e. The number of carbonyl (C=O) groups excluding carboxylic acids is 2. The molecule has 0 radical (unpaired) electrons. The van der Waals surface area contributed by atoms with Gasteiger partial charge in [0.05, 0.1) is 13.2 Å².